The Bertz CT molecular complexity index is 1370. The lowest BCUT2D eigenvalue weighted by Gasteiger charge is -2.12. The summed E-state index contributed by atoms with van der Waals surface area (Å²) in [6.45, 7) is 6.99. The fourth-order valence-electron chi connectivity index (χ4n) is 3.66. The van der Waals surface area contributed by atoms with Gasteiger partial charge in [-0.05, 0) is 44.0 Å². The molecule has 0 radical (unpaired) electrons. The van der Waals surface area contributed by atoms with Gasteiger partial charge < -0.3 is 9.30 Å². The molecule has 7 nitrogen and oxygen atoms in total. The molecule has 2 aromatic heterocycles. The number of amides is 1. The van der Waals surface area contributed by atoms with Crippen molar-refractivity contribution in [2.45, 2.75) is 27.3 Å². The Balaban J connectivity index is 1.57. The van der Waals surface area contributed by atoms with Crippen molar-refractivity contribution in [1.82, 2.24) is 14.8 Å². The third-order valence-electron chi connectivity index (χ3n) is 5.22. The Morgan fingerprint density at radius 2 is 1.91 bits per heavy atom. The monoisotopic (exact) mass is 457 g/mol. The number of para-hydroxylation sites is 2. The van der Waals surface area contributed by atoms with Crippen LogP contribution in [-0.2, 0) is 11.3 Å². The predicted octanol–water partition coefficient (Wildman–Crippen LogP) is 5.04. The van der Waals surface area contributed by atoms with Crippen molar-refractivity contribution in [2.75, 3.05) is 11.9 Å². The third kappa shape index (κ3) is 4.94. The Morgan fingerprint density at radius 3 is 2.61 bits per heavy atom. The van der Waals surface area contributed by atoms with Gasteiger partial charge in [0, 0.05) is 22.7 Å². The van der Waals surface area contributed by atoms with Crippen molar-refractivity contribution in [3.8, 4) is 11.8 Å². The molecule has 0 aliphatic rings. The van der Waals surface area contributed by atoms with Crippen LogP contribution in [0, 0.1) is 32.1 Å². The van der Waals surface area contributed by atoms with Crippen molar-refractivity contribution < 1.29 is 9.53 Å². The van der Waals surface area contributed by atoms with E-state index in [1.165, 1.54) is 11.3 Å². The summed E-state index contributed by atoms with van der Waals surface area (Å²) in [6, 6.07) is 16.0. The molecule has 0 bridgehead atoms. The highest BCUT2D eigenvalue weighted by Gasteiger charge is 2.14. The zero-order valence-electron chi connectivity index (χ0n) is 18.6. The zero-order valence-corrected chi connectivity index (χ0v) is 19.4. The van der Waals surface area contributed by atoms with E-state index in [9.17, 15) is 10.1 Å². The van der Waals surface area contributed by atoms with Gasteiger partial charge in [0.05, 0.1) is 6.54 Å². The SMILES string of the molecule is Cc1nnc(NC(=O)/C(C#N)=C\c2cn(CCOc3c(C)cccc3C)c3ccccc23)s1. The van der Waals surface area contributed by atoms with Gasteiger partial charge in [0.1, 0.15) is 29.0 Å². The van der Waals surface area contributed by atoms with Crippen molar-refractivity contribution in [3.63, 3.8) is 0 Å². The smallest absolute Gasteiger partial charge is 0.268 e. The summed E-state index contributed by atoms with van der Waals surface area (Å²) in [5.74, 6) is 0.397. The molecule has 1 N–H and O–H groups in total. The average Bonchev–Trinajstić information content (AvgIpc) is 3.37. The first-order valence-electron chi connectivity index (χ1n) is 10.5. The number of nitrogens with zero attached hydrogens (tertiary/aromatic N) is 4. The van der Waals surface area contributed by atoms with Gasteiger partial charge in [0.2, 0.25) is 5.13 Å². The number of nitrogens with one attached hydrogen (secondary N) is 1. The first kappa shape index (κ1) is 22.2. The van der Waals surface area contributed by atoms with E-state index in [-0.39, 0.29) is 5.57 Å². The van der Waals surface area contributed by atoms with E-state index in [0.29, 0.717) is 18.3 Å². The van der Waals surface area contributed by atoms with E-state index in [1.54, 1.807) is 13.0 Å². The van der Waals surface area contributed by atoms with Crippen LogP contribution in [0.5, 0.6) is 5.75 Å². The second-order valence-corrected chi connectivity index (χ2v) is 8.80. The van der Waals surface area contributed by atoms with Gasteiger partial charge >= 0.3 is 0 Å². The molecular formula is C25H23N5O2S. The maximum Gasteiger partial charge on any atom is 0.268 e. The Labute approximate surface area is 196 Å². The number of benzene rings is 2. The first-order valence-corrected chi connectivity index (χ1v) is 11.3. The lowest BCUT2D eigenvalue weighted by atomic mass is 10.1. The van der Waals surface area contributed by atoms with Crippen LogP contribution in [0.4, 0.5) is 5.13 Å². The molecule has 2 aromatic carbocycles. The number of fused-ring (bicyclic) bond motifs is 1. The molecular weight excluding hydrogens is 434 g/mol. The van der Waals surface area contributed by atoms with Gasteiger partial charge in [0.15, 0.2) is 0 Å². The molecule has 0 spiro atoms. The molecule has 0 saturated heterocycles. The molecule has 0 saturated carbocycles. The maximum atomic E-state index is 12.6. The molecule has 8 heteroatoms. The van der Waals surface area contributed by atoms with Crippen molar-refractivity contribution >= 4 is 39.4 Å². The number of anilines is 1. The number of rotatable bonds is 7. The van der Waals surface area contributed by atoms with Gasteiger partial charge in [-0.2, -0.15) is 5.26 Å². The van der Waals surface area contributed by atoms with Gasteiger partial charge in [0.25, 0.3) is 5.91 Å². The highest BCUT2D eigenvalue weighted by molar-refractivity contribution is 7.15. The van der Waals surface area contributed by atoms with Crippen LogP contribution in [-0.4, -0.2) is 27.3 Å². The fourth-order valence-corrected chi connectivity index (χ4v) is 4.25. The predicted molar refractivity (Wildman–Crippen MR) is 130 cm³/mol. The van der Waals surface area contributed by atoms with Crippen molar-refractivity contribution in [2.24, 2.45) is 0 Å². The maximum absolute atomic E-state index is 12.6. The van der Waals surface area contributed by atoms with Crippen LogP contribution in [0.2, 0.25) is 0 Å². The molecule has 2 heterocycles. The molecule has 0 atom stereocenters. The number of nitriles is 1. The Kier molecular flexibility index (Phi) is 6.52. The first-order chi connectivity index (χ1) is 16.0. The fraction of sp³-hybridized carbons (Fsp3) is 0.200. The molecule has 4 aromatic rings. The molecule has 166 valence electrons. The highest BCUT2D eigenvalue weighted by atomic mass is 32.1. The van der Waals surface area contributed by atoms with E-state index in [2.05, 4.69) is 20.1 Å². The number of carbonyl (C=O) groups excluding carboxylic acids is 1. The Morgan fingerprint density at radius 1 is 1.15 bits per heavy atom. The molecule has 1 amide bonds. The lowest BCUT2D eigenvalue weighted by molar-refractivity contribution is -0.112. The molecule has 0 unspecified atom stereocenters. The minimum absolute atomic E-state index is 0.00228. The number of hydrogen-bond donors (Lipinski definition) is 1. The van der Waals surface area contributed by atoms with Gasteiger partial charge in [-0.3, -0.25) is 10.1 Å². The highest BCUT2D eigenvalue weighted by Crippen LogP contribution is 2.25. The standard InChI is InChI=1S/C25H23N5O2S/c1-16-7-6-8-17(2)23(16)32-12-11-30-15-20(21-9-4-5-10-22(21)30)13-19(14-26)24(31)27-25-29-28-18(3)33-25/h4-10,13,15H,11-12H2,1-3H3,(H,27,29,31)/b19-13-. The van der Waals surface area contributed by atoms with Crippen LogP contribution in [0.1, 0.15) is 21.7 Å². The van der Waals surface area contributed by atoms with Gasteiger partial charge in [-0.25, -0.2) is 0 Å². The van der Waals surface area contributed by atoms with Crippen LogP contribution in [0.15, 0.2) is 54.2 Å². The number of aromatic nitrogens is 3. The molecule has 0 aliphatic heterocycles. The van der Waals surface area contributed by atoms with Crippen LogP contribution < -0.4 is 10.1 Å². The van der Waals surface area contributed by atoms with E-state index < -0.39 is 5.91 Å². The molecule has 0 aliphatic carbocycles. The summed E-state index contributed by atoms with van der Waals surface area (Å²) in [4.78, 5) is 12.6. The molecule has 0 fully saturated rings. The quantitative estimate of drug-likeness (QED) is 0.310. The molecule has 4 rings (SSSR count). The number of carbonyl (C=O) groups is 1. The van der Waals surface area contributed by atoms with Crippen LogP contribution >= 0.6 is 11.3 Å². The van der Waals surface area contributed by atoms with E-state index in [1.807, 2.05) is 68.6 Å². The summed E-state index contributed by atoms with van der Waals surface area (Å²) in [7, 11) is 0. The van der Waals surface area contributed by atoms with E-state index in [4.69, 9.17) is 4.74 Å². The second kappa shape index (κ2) is 9.67. The Hall–Kier alpha value is -3.96. The van der Waals surface area contributed by atoms with E-state index >= 15 is 0 Å². The van der Waals surface area contributed by atoms with Crippen molar-refractivity contribution in [3.05, 3.63) is 75.9 Å². The average molecular weight is 458 g/mol. The zero-order chi connectivity index (χ0) is 23.4. The van der Waals surface area contributed by atoms with E-state index in [0.717, 1.165) is 38.4 Å². The van der Waals surface area contributed by atoms with Gasteiger partial charge in [-0.1, -0.05) is 47.7 Å². The number of ether oxygens (including phenoxy) is 1. The molecule has 33 heavy (non-hydrogen) atoms. The third-order valence-corrected chi connectivity index (χ3v) is 5.97. The number of hydrogen-bond acceptors (Lipinski definition) is 6. The summed E-state index contributed by atoms with van der Waals surface area (Å²) in [6.07, 6.45) is 3.55. The second-order valence-electron chi connectivity index (χ2n) is 7.61. The summed E-state index contributed by atoms with van der Waals surface area (Å²) in [5, 5.41) is 22.1. The van der Waals surface area contributed by atoms with Crippen molar-refractivity contribution in [1.29, 1.82) is 5.26 Å². The minimum atomic E-state index is -0.510. The summed E-state index contributed by atoms with van der Waals surface area (Å²) >= 11 is 1.26. The largest absolute Gasteiger partial charge is 0.491 e. The summed E-state index contributed by atoms with van der Waals surface area (Å²) in [5.41, 5.74) is 4.00. The topological polar surface area (TPSA) is 92.8 Å². The van der Waals surface area contributed by atoms with Gasteiger partial charge in [-0.15, -0.1) is 10.2 Å². The van der Waals surface area contributed by atoms with Crippen LogP contribution in [0.25, 0.3) is 17.0 Å². The minimum Gasteiger partial charge on any atom is -0.491 e. The summed E-state index contributed by atoms with van der Waals surface area (Å²) < 4.78 is 8.15. The normalized spacial score (nSPS) is 11.4. The van der Waals surface area contributed by atoms with Crippen LogP contribution in [0.3, 0.4) is 0 Å². The number of aryl methyl sites for hydroxylation is 3. The lowest BCUT2D eigenvalue weighted by Crippen LogP contribution is -2.13.